The molecule has 1 aromatic rings. The molecule has 0 spiro atoms. The maximum absolute atomic E-state index is 12.0. The van der Waals surface area contributed by atoms with E-state index in [0.29, 0.717) is 11.3 Å². The maximum Gasteiger partial charge on any atom is 0.186 e. The minimum absolute atomic E-state index is 0. The molecule has 1 atom stereocenters. The first kappa shape index (κ1) is 17.2. The van der Waals surface area contributed by atoms with Crippen molar-refractivity contribution in [3.63, 3.8) is 0 Å². The lowest BCUT2D eigenvalue weighted by atomic mass is 10.3. The fourth-order valence-corrected chi connectivity index (χ4v) is 3.02. The van der Waals surface area contributed by atoms with Crippen LogP contribution in [0.4, 0.5) is 0 Å². The molecule has 1 rings (SSSR count). The molecule has 1 aromatic carbocycles. The van der Waals surface area contributed by atoms with E-state index in [2.05, 4.69) is 4.99 Å². The van der Waals surface area contributed by atoms with Crippen LogP contribution < -0.4 is 11.5 Å². The second-order valence-electron chi connectivity index (χ2n) is 3.71. The molecule has 0 amide bonds. The second kappa shape index (κ2) is 7.57. The molecule has 0 saturated heterocycles. The molecule has 0 radical (unpaired) electrons. The van der Waals surface area contributed by atoms with Crippen molar-refractivity contribution in [2.75, 3.05) is 5.75 Å². The van der Waals surface area contributed by atoms with Gasteiger partial charge < -0.3 is 11.5 Å². The van der Waals surface area contributed by atoms with E-state index < -0.39 is 15.9 Å². The van der Waals surface area contributed by atoms with Gasteiger partial charge in [0.15, 0.2) is 15.8 Å². The summed E-state index contributed by atoms with van der Waals surface area (Å²) in [5, 5.41) is 0. The zero-order valence-electron chi connectivity index (χ0n) is 10.1. The second-order valence-corrected chi connectivity index (χ2v) is 5.74. The predicted molar refractivity (Wildman–Crippen MR) is 83.8 cm³/mol. The molecule has 0 aliphatic rings. The Hall–Kier alpha value is -0.830. The monoisotopic (exact) mass is 383 g/mol. The molecule has 0 fully saturated rings. The van der Waals surface area contributed by atoms with Crippen molar-refractivity contribution in [2.45, 2.75) is 24.3 Å². The summed E-state index contributed by atoms with van der Waals surface area (Å²) >= 11 is 0. The molecule has 0 saturated carbocycles. The number of nitrogens with two attached hydrogens (primary N) is 2. The van der Waals surface area contributed by atoms with E-state index in [1.807, 2.05) is 6.92 Å². The first-order chi connectivity index (χ1) is 7.95. The van der Waals surface area contributed by atoms with E-state index in [-0.39, 0.29) is 35.7 Å². The summed E-state index contributed by atoms with van der Waals surface area (Å²) in [6.07, 6.45) is 0.573. The van der Waals surface area contributed by atoms with Gasteiger partial charge in [-0.2, -0.15) is 0 Å². The quantitative estimate of drug-likeness (QED) is 0.452. The van der Waals surface area contributed by atoms with Crippen molar-refractivity contribution in [3.8, 4) is 0 Å². The summed E-state index contributed by atoms with van der Waals surface area (Å²) in [6.45, 7) is 1.84. The van der Waals surface area contributed by atoms with Gasteiger partial charge in [0, 0.05) is 0 Å². The molecule has 0 aliphatic carbocycles. The highest BCUT2D eigenvalue weighted by Crippen LogP contribution is 2.13. The molecule has 7 heteroatoms. The Morgan fingerprint density at radius 3 is 2.28 bits per heavy atom. The van der Waals surface area contributed by atoms with Gasteiger partial charge in [0.25, 0.3) is 0 Å². The summed E-state index contributed by atoms with van der Waals surface area (Å²) in [5.41, 5.74) is 10.5. The summed E-state index contributed by atoms with van der Waals surface area (Å²) in [5.74, 6) is -0.161. The number of nitrogens with zero attached hydrogens (tertiary/aromatic N) is 1. The van der Waals surface area contributed by atoms with Crippen LogP contribution in [0.1, 0.15) is 13.3 Å². The van der Waals surface area contributed by atoms with Crippen molar-refractivity contribution in [3.05, 3.63) is 30.3 Å². The average Bonchev–Trinajstić information content (AvgIpc) is 2.28. The number of sulfone groups is 1. The number of guanidine groups is 1. The zero-order valence-corrected chi connectivity index (χ0v) is 13.3. The van der Waals surface area contributed by atoms with Gasteiger partial charge in [-0.25, -0.2) is 13.4 Å². The summed E-state index contributed by atoms with van der Waals surface area (Å²) < 4.78 is 24.1. The highest BCUT2D eigenvalue weighted by atomic mass is 127. The normalized spacial score (nSPS) is 12.3. The van der Waals surface area contributed by atoms with E-state index >= 15 is 0 Å². The van der Waals surface area contributed by atoms with Crippen LogP contribution in [0.25, 0.3) is 0 Å². The summed E-state index contributed by atoms with van der Waals surface area (Å²) in [7, 11) is -3.34. The molecule has 18 heavy (non-hydrogen) atoms. The topological polar surface area (TPSA) is 98.5 Å². The van der Waals surface area contributed by atoms with Crippen LogP contribution in [-0.2, 0) is 9.84 Å². The first-order valence-corrected chi connectivity index (χ1v) is 6.97. The molecule has 102 valence electrons. The van der Waals surface area contributed by atoms with Gasteiger partial charge >= 0.3 is 0 Å². The van der Waals surface area contributed by atoms with Crippen LogP contribution in [0.2, 0.25) is 0 Å². The van der Waals surface area contributed by atoms with Crippen LogP contribution in [0.3, 0.4) is 0 Å². The molecule has 4 N–H and O–H groups in total. The minimum Gasteiger partial charge on any atom is -0.370 e. The maximum atomic E-state index is 12.0. The lowest BCUT2D eigenvalue weighted by Gasteiger charge is -2.11. The fourth-order valence-electron chi connectivity index (χ4n) is 1.43. The van der Waals surface area contributed by atoms with Crippen LogP contribution >= 0.6 is 24.0 Å². The lowest BCUT2D eigenvalue weighted by Crippen LogP contribution is -2.28. The zero-order chi connectivity index (χ0) is 12.9. The highest BCUT2D eigenvalue weighted by molar-refractivity contribution is 14.0. The molecule has 0 aromatic heterocycles. The van der Waals surface area contributed by atoms with E-state index in [1.165, 1.54) is 0 Å². The molecule has 0 heterocycles. The Balaban J connectivity index is 0.00000289. The van der Waals surface area contributed by atoms with Crippen LogP contribution in [-0.4, -0.2) is 26.2 Å². The van der Waals surface area contributed by atoms with E-state index in [4.69, 9.17) is 11.5 Å². The molecule has 0 bridgehead atoms. The van der Waals surface area contributed by atoms with E-state index in [9.17, 15) is 8.42 Å². The molecule has 1 unspecified atom stereocenters. The van der Waals surface area contributed by atoms with Crippen molar-refractivity contribution in [1.82, 2.24) is 0 Å². The van der Waals surface area contributed by atoms with E-state index in [0.717, 1.165) is 0 Å². The fraction of sp³-hybridized carbons (Fsp3) is 0.364. The highest BCUT2D eigenvalue weighted by Gasteiger charge is 2.19. The van der Waals surface area contributed by atoms with Crippen molar-refractivity contribution < 1.29 is 8.42 Å². The number of hydrogen-bond donors (Lipinski definition) is 2. The van der Waals surface area contributed by atoms with E-state index in [1.54, 1.807) is 30.3 Å². The van der Waals surface area contributed by atoms with Gasteiger partial charge in [0.2, 0.25) is 0 Å². The Morgan fingerprint density at radius 2 is 1.83 bits per heavy atom. The van der Waals surface area contributed by atoms with Crippen LogP contribution in [0.15, 0.2) is 40.2 Å². The lowest BCUT2D eigenvalue weighted by molar-refractivity contribution is 0.584. The number of halogens is 1. The van der Waals surface area contributed by atoms with Crippen molar-refractivity contribution >= 4 is 39.8 Å². The number of hydrogen-bond acceptors (Lipinski definition) is 3. The Morgan fingerprint density at radius 1 is 1.28 bits per heavy atom. The predicted octanol–water partition coefficient (Wildman–Crippen LogP) is 1.13. The van der Waals surface area contributed by atoms with Crippen LogP contribution in [0.5, 0.6) is 0 Å². The number of benzene rings is 1. The molecule has 0 aliphatic heterocycles. The van der Waals surface area contributed by atoms with Crippen molar-refractivity contribution in [1.29, 1.82) is 0 Å². The minimum atomic E-state index is -3.34. The van der Waals surface area contributed by atoms with Gasteiger partial charge in [-0.1, -0.05) is 25.1 Å². The smallest absolute Gasteiger partial charge is 0.186 e. The molecular formula is C11H18IN3O2S. The van der Waals surface area contributed by atoms with Gasteiger partial charge in [0.05, 0.1) is 16.7 Å². The summed E-state index contributed by atoms with van der Waals surface area (Å²) in [6, 6.07) is 7.88. The van der Waals surface area contributed by atoms with Gasteiger partial charge in [0.1, 0.15) is 0 Å². The third kappa shape index (κ3) is 5.21. The first-order valence-electron chi connectivity index (χ1n) is 5.32. The van der Waals surface area contributed by atoms with Gasteiger partial charge in [-0.15, -0.1) is 24.0 Å². The average molecular weight is 383 g/mol. The third-order valence-electron chi connectivity index (χ3n) is 2.32. The SMILES string of the molecule is CCC(CS(=O)(=O)c1ccccc1)N=C(N)N.I. The number of aliphatic imine (C=N–C) groups is 1. The summed E-state index contributed by atoms with van der Waals surface area (Å²) in [4.78, 5) is 4.19. The Kier molecular flexibility index (Phi) is 7.22. The number of rotatable bonds is 5. The Labute approximate surface area is 125 Å². The largest absolute Gasteiger partial charge is 0.370 e. The Bertz CT molecular complexity index is 484. The van der Waals surface area contributed by atoms with Crippen LogP contribution in [0, 0.1) is 0 Å². The van der Waals surface area contributed by atoms with Crippen molar-refractivity contribution in [2.24, 2.45) is 16.5 Å². The van der Waals surface area contributed by atoms with Gasteiger partial charge in [-0.3, -0.25) is 0 Å². The standard InChI is InChI=1S/C11H17N3O2S.HI/c1-2-9(14-11(12)13)8-17(15,16)10-6-4-3-5-7-10;/h3-7,9H,2,8H2,1H3,(H4,12,13,14);1H. The molecular weight excluding hydrogens is 365 g/mol. The third-order valence-corrected chi connectivity index (χ3v) is 4.13. The molecule has 5 nitrogen and oxygen atoms in total. The van der Waals surface area contributed by atoms with Gasteiger partial charge in [-0.05, 0) is 18.6 Å².